The Balaban J connectivity index is 1.88. The maximum atomic E-state index is 5.78. The number of hydrogen-bond donors (Lipinski definition) is 1. The first-order valence-electron chi connectivity index (χ1n) is 6.43. The summed E-state index contributed by atoms with van der Waals surface area (Å²) in [7, 11) is 0. The third-order valence-electron chi connectivity index (χ3n) is 3.22. The average molecular weight is 281 g/mol. The Morgan fingerprint density at radius 2 is 2.14 bits per heavy atom. The van der Waals surface area contributed by atoms with E-state index in [1.807, 2.05) is 18.2 Å². The number of para-hydroxylation sites is 1. The summed E-state index contributed by atoms with van der Waals surface area (Å²) in [6.45, 7) is 0.669. The van der Waals surface area contributed by atoms with Crippen molar-refractivity contribution in [2.24, 2.45) is 0 Å². The van der Waals surface area contributed by atoms with E-state index < -0.39 is 0 Å². The zero-order valence-electron chi connectivity index (χ0n) is 11.0. The fourth-order valence-electron chi connectivity index (χ4n) is 2.31. The molecule has 0 atom stereocenters. The summed E-state index contributed by atoms with van der Waals surface area (Å²) in [5.41, 5.74) is 7.74. The van der Waals surface area contributed by atoms with Crippen molar-refractivity contribution in [3.05, 3.63) is 36.4 Å². The molecule has 0 fully saturated rings. The van der Waals surface area contributed by atoms with E-state index in [1.54, 1.807) is 0 Å². The maximum absolute atomic E-state index is 5.78. The average Bonchev–Trinajstić information content (AvgIpc) is 3.17. The van der Waals surface area contributed by atoms with E-state index in [-0.39, 0.29) is 5.95 Å². The molecule has 0 radical (unpaired) electrons. The molecule has 8 heteroatoms. The van der Waals surface area contributed by atoms with Crippen LogP contribution in [0, 0.1) is 0 Å². The second kappa shape index (κ2) is 4.51. The van der Waals surface area contributed by atoms with Gasteiger partial charge in [0.1, 0.15) is 18.4 Å². The van der Waals surface area contributed by atoms with Gasteiger partial charge in [0.2, 0.25) is 5.95 Å². The quantitative estimate of drug-likeness (QED) is 0.734. The molecule has 0 saturated carbocycles. The Hall–Kier alpha value is -3.03. The lowest BCUT2D eigenvalue weighted by molar-refractivity contribution is 0.358. The van der Waals surface area contributed by atoms with Gasteiger partial charge < -0.3 is 10.5 Å². The second-order valence-corrected chi connectivity index (χ2v) is 4.55. The molecule has 0 spiro atoms. The molecule has 3 aromatic rings. The van der Waals surface area contributed by atoms with Crippen LogP contribution in [0.2, 0.25) is 0 Å². The molecule has 1 aliphatic rings. The summed E-state index contributed by atoms with van der Waals surface area (Å²) in [6.07, 6.45) is 3.80. The fourth-order valence-corrected chi connectivity index (χ4v) is 2.31. The first-order chi connectivity index (χ1) is 10.3. The van der Waals surface area contributed by atoms with Crippen molar-refractivity contribution in [3.63, 3.8) is 0 Å². The zero-order valence-corrected chi connectivity index (χ0v) is 11.0. The number of aromatic nitrogens is 6. The lowest BCUT2D eigenvalue weighted by Gasteiger charge is -2.08. The van der Waals surface area contributed by atoms with E-state index in [1.165, 1.54) is 17.3 Å². The highest BCUT2D eigenvalue weighted by Crippen LogP contribution is 2.35. The number of nitrogen functional groups attached to an aromatic ring is 1. The van der Waals surface area contributed by atoms with Gasteiger partial charge in [0.25, 0.3) is 5.95 Å². The molecule has 4 rings (SSSR count). The van der Waals surface area contributed by atoms with E-state index in [4.69, 9.17) is 10.5 Å². The van der Waals surface area contributed by atoms with Crippen molar-refractivity contribution in [1.82, 2.24) is 29.7 Å². The molecule has 0 saturated heterocycles. The largest absolute Gasteiger partial charge is 0.492 e. The minimum Gasteiger partial charge on any atom is -0.492 e. The molecule has 2 N–H and O–H groups in total. The second-order valence-electron chi connectivity index (χ2n) is 4.55. The highest BCUT2D eigenvalue weighted by Gasteiger charge is 2.19. The van der Waals surface area contributed by atoms with Crippen molar-refractivity contribution >= 4 is 5.95 Å². The Morgan fingerprint density at radius 3 is 3.00 bits per heavy atom. The number of ether oxygens (including phenoxy) is 1. The minimum atomic E-state index is 0.126. The van der Waals surface area contributed by atoms with Gasteiger partial charge in [-0.2, -0.15) is 24.7 Å². The van der Waals surface area contributed by atoms with Gasteiger partial charge in [-0.25, -0.2) is 4.98 Å². The molecular formula is C13H11N7O. The molecule has 0 amide bonds. The van der Waals surface area contributed by atoms with Crippen LogP contribution in [0.1, 0.15) is 5.56 Å². The Bertz CT molecular complexity index is 800. The smallest absolute Gasteiger partial charge is 0.257 e. The normalized spacial score (nSPS) is 13.0. The van der Waals surface area contributed by atoms with Crippen LogP contribution >= 0.6 is 0 Å². The molecule has 104 valence electrons. The summed E-state index contributed by atoms with van der Waals surface area (Å²) < 4.78 is 7.11. The van der Waals surface area contributed by atoms with E-state index in [0.29, 0.717) is 18.4 Å². The number of nitrogens with two attached hydrogens (primary N) is 1. The lowest BCUT2D eigenvalue weighted by Crippen LogP contribution is -2.08. The van der Waals surface area contributed by atoms with E-state index in [2.05, 4.69) is 25.0 Å². The number of fused-ring (bicyclic) bond motifs is 1. The standard InChI is InChI=1S/C13H11N7O/c14-12-17-11(18-13(19-12)20-7-15-6-16-20)9-3-1-2-8-4-5-21-10(8)9/h1-3,6-7H,4-5H2,(H2,14,17,18,19). The molecule has 21 heavy (non-hydrogen) atoms. The van der Waals surface area contributed by atoms with Gasteiger partial charge >= 0.3 is 0 Å². The van der Waals surface area contributed by atoms with Gasteiger partial charge in [-0.15, -0.1) is 0 Å². The summed E-state index contributed by atoms with van der Waals surface area (Å²) >= 11 is 0. The number of anilines is 1. The number of hydrogen-bond acceptors (Lipinski definition) is 7. The predicted octanol–water partition coefficient (Wildman–Crippen LogP) is 0.636. The maximum Gasteiger partial charge on any atom is 0.257 e. The monoisotopic (exact) mass is 281 g/mol. The Labute approximate surface area is 119 Å². The van der Waals surface area contributed by atoms with E-state index in [9.17, 15) is 0 Å². The SMILES string of the molecule is Nc1nc(-c2cccc3c2OCC3)nc(-n2cncn2)n1. The molecule has 0 bridgehead atoms. The fraction of sp³-hybridized carbons (Fsp3) is 0.154. The van der Waals surface area contributed by atoms with Crippen LogP contribution in [0.25, 0.3) is 17.3 Å². The molecular weight excluding hydrogens is 270 g/mol. The Kier molecular flexibility index (Phi) is 2.53. The first-order valence-corrected chi connectivity index (χ1v) is 6.43. The van der Waals surface area contributed by atoms with Gasteiger partial charge in [0.05, 0.1) is 12.2 Å². The van der Waals surface area contributed by atoms with Crippen molar-refractivity contribution in [1.29, 1.82) is 0 Å². The van der Waals surface area contributed by atoms with Crippen LogP contribution in [0.5, 0.6) is 5.75 Å². The van der Waals surface area contributed by atoms with Gasteiger partial charge in [-0.1, -0.05) is 12.1 Å². The van der Waals surface area contributed by atoms with E-state index >= 15 is 0 Å². The third-order valence-corrected chi connectivity index (χ3v) is 3.22. The van der Waals surface area contributed by atoms with Crippen molar-refractivity contribution < 1.29 is 4.74 Å². The van der Waals surface area contributed by atoms with Crippen molar-refractivity contribution in [3.8, 4) is 23.1 Å². The molecule has 8 nitrogen and oxygen atoms in total. The lowest BCUT2D eigenvalue weighted by atomic mass is 10.1. The van der Waals surface area contributed by atoms with Crippen molar-refractivity contribution in [2.75, 3.05) is 12.3 Å². The van der Waals surface area contributed by atoms with Gasteiger partial charge in [-0.3, -0.25) is 0 Å². The molecule has 1 aliphatic heterocycles. The van der Waals surface area contributed by atoms with Crippen LogP contribution in [0.4, 0.5) is 5.95 Å². The van der Waals surface area contributed by atoms with Crippen LogP contribution in [-0.4, -0.2) is 36.3 Å². The zero-order chi connectivity index (χ0) is 14.2. The summed E-state index contributed by atoms with van der Waals surface area (Å²) in [4.78, 5) is 16.6. The van der Waals surface area contributed by atoms with Crippen LogP contribution in [0.3, 0.4) is 0 Å². The number of benzene rings is 1. The third kappa shape index (κ3) is 1.97. The first kappa shape index (κ1) is 11.8. The van der Waals surface area contributed by atoms with Crippen LogP contribution < -0.4 is 10.5 Å². The Morgan fingerprint density at radius 1 is 1.19 bits per heavy atom. The molecule has 0 unspecified atom stereocenters. The van der Waals surface area contributed by atoms with Gasteiger partial charge in [-0.05, 0) is 11.6 Å². The van der Waals surface area contributed by atoms with Crippen molar-refractivity contribution in [2.45, 2.75) is 6.42 Å². The van der Waals surface area contributed by atoms with E-state index in [0.717, 1.165) is 23.3 Å². The number of rotatable bonds is 2. The highest BCUT2D eigenvalue weighted by atomic mass is 16.5. The predicted molar refractivity (Wildman–Crippen MR) is 73.8 cm³/mol. The topological polar surface area (TPSA) is 105 Å². The molecule has 3 heterocycles. The summed E-state index contributed by atoms with van der Waals surface area (Å²) in [6, 6.07) is 5.90. The van der Waals surface area contributed by atoms with Gasteiger partial charge in [0, 0.05) is 6.42 Å². The summed E-state index contributed by atoms with van der Waals surface area (Å²) in [5.74, 6) is 1.73. The molecule has 1 aromatic carbocycles. The minimum absolute atomic E-state index is 0.126. The highest BCUT2D eigenvalue weighted by molar-refractivity contribution is 5.68. The molecule has 0 aliphatic carbocycles. The van der Waals surface area contributed by atoms with Crippen LogP contribution in [0.15, 0.2) is 30.9 Å². The summed E-state index contributed by atoms with van der Waals surface area (Å²) in [5, 5.41) is 4.00. The molecule has 2 aromatic heterocycles. The van der Waals surface area contributed by atoms with Crippen LogP contribution in [-0.2, 0) is 6.42 Å². The van der Waals surface area contributed by atoms with Gasteiger partial charge in [0.15, 0.2) is 5.82 Å². The number of nitrogens with zero attached hydrogens (tertiary/aromatic N) is 6.